The van der Waals surface area contributed by atoms with E-state index in [1.807, 2.05) is 19.0 Å². The lowest BCUT2D eigenvalue weighted by Gasteiger charge is -2.28. The Hall–Kier alpha value is -0.610. The zero-order valence-corrected chi connectivity index (χ0v) is 9.32. The molecular formula is C10H20N2O2. The SMILES string of the molecule is CN(C)CC(=O)OC1CCN(C)CC1. The maximum absolute atomic E-state index is 11.3. The van der Waals surface area contributed by atoms with Gasteiger partial charge in [0.15, 0.2) is 0 Å². The normalized spacial score (nSPS) is 20.0. The van der Waals surface area contributed by atoms with E-state index in [-0.39, 0.29) is 12.1 Å². The highest BCUT2D eigenvalue weighted by atomic mass is 16.5. The van der Waals surface area contributed by atoms with E-state index in [9.17, 15) is 4.79 Å². The lowest BCUT2D eigenvalue weighted by Crippen LogP contribution is -2.36. The van der Waals surface area contributed by atoms with Gasteiger partial charge in [-0.05, 0) is 34.0 Å². The zero-order valence-electron chi connectivity index (χ0n) is 9.32. The molecule has 0 amide bonds. The lowest BCUT2D eigenvalue weighted by atomic mass is 10.1. The van der Waals surface area contributed by atoms with E-state index in [0.717, 1.165) is 25.9 Å². The second-order valence-electron chi connectivity index (χ2n) is 4.23. The summed E-state index contributed by atoms with van der Waals surface area (Å²) in [7, 11) is 5.84. The molecule has 0 N–H and O–H groups in total. The van der Waals surface area contributed by atoms with Crippen molar-refractivity contribution in [3.63, 3.8) is 0 Å². The smallest absolute Gasteiger partial charge is 0.320 e. The highest BCUT2D eigenvalue weighted by molar-refractivity contribution is 5.71. The molecule has 0 unspecified atom stereocenters. The van der Waals surface area contributed by atoms with E-state index in [1.54, 1.807) is 0 Å². The number of carbonyl (C=O) groups is 1. The molecule has 0 bridgehead atoms. The summed E-state index contributed by atoms with van der Waals surface area (Å²) in [6.07, 6.45) is 2.07. The Bertz CT molecular complexity index is 187. The summed E-state index contributed by atoms with van der Waals surface area (Å²) in [4.78, 5) is 15.4. The Balaban J connectivity index is 2.20. The van der Waals surface area contributed by atoms with Crippen LogP contribution < -0.4 is 0 Å². The maximum atomic E-state index is 11.3. The van der Waals surface area contributed by atoms with Gasteiger partial charge in [0, 0.05) is 13.1 Å². The third kappa shape index (κ3) is 4.07. The topological polar surface area (TPSA) is 32.8 Å². The van der Waals surface area contributed by atoms with Crippen LogP contribution in [0.1, 0.15) is 12.8 Å². The Morgan fingerprint density at radius 3 is 2.50 bits per heavy atom. The first-order valence-electron chi connectivity index (χ1n) is 5.10. The van der Waals surface area contributed by atoms with E-state index in [0.29, 0.717) is 6.54 Å². The lowest BCUT2D eigenvalue weighted by molar-refractivity contribution is -0.151. The Labute approximate surface area is 85.8 Å². The molecule has 0 aromatic heterocycles. The van der Waals surface area contributed by atoms with Gasteiger partial charge < -0.3 is 9.64 Å². The van der Waals surface area contributed by atoms with E-state index in [1.165, 1.54) is 0 Å². The number of piperidine rings is 1. The predicted molar refractivity (Wildman–Crippen MR) is 55.2 cm³/mol. The number of likely N-dealkylation sites (N-methyl/N-ethyl adjacent to an activating group) is 1. The van der Waals surface area contributed by atoms with Crippen molar-refractivity contribution in [1.82, 2.24) is 9.80 Å². The number of hydrogen-bond acceptors (Lipinski definition) is 4. The van der Waals surface area contributed by atoms with Gasteiger partial charge in [0.1, 0.15) is 6.10 Å². The van der Waals surface area contributed by atoms with Crippen LogP contribution in [0, 0.1) is 0 Å². The van der Waals surface area contributed by atoms with Gasteiger partial charge >= 0.3 is 5.97 Å². The van der Waals surface area contributed by atoms with Gasteiger partial charge in [0.2, 0.25) is 0 Å². The van der Waals surface area contributed by atoms with Crippen LogP contribution in [0.25, 0.3) is 0 Å². The maximum Gasteiger partial charge on any atom is 0.320 e. The fourth-order valence-electron chi connectivity index (χ4n) is 1.58. The van der Waals surface area contributed by atoms with Crippen LogP contribution >= 0.6 is 0 Å². The number of hydrogen-bond donors (Lipinski definition) is 0. The van der Waals surface area contributed by atoms with Crippen LogP contribution in [0.15, 0.2) is 0 Å². The molecule has 1 aliphatic heterocycles. The summed E-state index contributed by atoms with van der Waals surface area (Å²) in [5.41, 5.74) is 0. The van der Waals surface area contributed by atoms with Gasteiger partial charge in [-0.3, -0.25) is 9.69 Å². The van der Waals surface area contributed by atoms with Crippen molar-refractivity contribution in [1.29, 1.82) is 0 Å². The monoisotopic (exact) mass is 200 g/mol. The standard InChI is InChI=1S/C10H20N2O2/c1-11(2)8-10(13)14-9-4-6-12(3)7-5-9/h9H,4-8H2,1-3H3. The molecule has 0 aliphatic carbocycles. The second-order valence-corrected chi connectivity index (χ2v) is 4.23. The van der Waals surface area contributed by atoms with E-state index < -0.39 is 0 Å². The fraction of sp³-hybridized carbons (Fsp3) is 0.900. The Morgan fingerprint density at radius 2 is 2.00 bits per heavy atom. The van der Waals surface area contributed by atoms with Crippen LogP contribution in [0.2, 0.25) is 0 Å². The summed E-state index contributed by atoms with van der Waals surface area (Å²) in [5, 5.41) is 0. The van der Waals surface area contributed by atoms with Crippen molar-refractivity contribution in [2.75, 3.05) is 40.8 Å². The third-order valence-electron chi connectivity index (χ3n) is 2.41. The van der Waals surface area contributed by atoms with Crippen LogP contribution in [0.3, 0.4) is 0 Å². The Kier molecular flexibility index (Phi) is 4.35. The summed E-state index contributed by atoms with van der Waals surface area (Å²) in [6, 6.07) is 0. The number of carbonyl (C=O) groups excluding carboxylic acids is 1. The quantitative estimate of drug-likeness (QED) is 0.609. The second kappa shape index (κ2) is 5.32. The minimum absolute atomic E-state index is 0.107. The number of ether oxygens (including phenoxy) is 1. The van der Waals surface area contributed by atoms with Crippen molar-refractivity contribution >= 4 is 5.97 Å². The third-order valence-corrected chi connectivity index (χ3v) is 2.41. The molecule has 82 valence electrons. The van der Waals surface area contributed by atoms with Gasteiger partial charge in [0.25, 0.3) is 0 Å². The summed E-state index contributed by atoms with van der Waals surface area (Å²) in [5.74, 6) is -0.107. The molecule has 14 heavy (non-hydrogen) atoms. The minimum Gasteiger partial charge on any atom is -0.461 e. The summed E-state index contributed by atoms with van der Waals surface area (Å²) in [6.45, 7) is 2.44. The first-order valence-corrected chi connectivity index (χ1v) is 5.10. The van der Waals surface area contributed by atoms with Crippen molar-refractivity contribution in [2.24, 2.45) is 0 Å². The largest absolute Gasteiger partial charge is 0.461 e. The van der Waals surface area contributed by atoms with Gasteiger partial charge in [0.05, 0.1) is 6.54 Å². The highest BCUT2D eigenvalue weighted by Gasteiger charge is 2.20. The van der Waals surface area contributed by atoms with Crippen LogP contribution in [-0.2, 0) is 9.53 Å². The molecular weight excluding hydrogens is 180 g/mol. The molecule has 0 atom stereocenters. The zero-order chi connectivity index (χ0) is 10.6. The van der Waals surface area contributed by atoms with Gasteiger partial charge in [-0.1, -0.05) is 0 Å². The van der Waals surface area contributed by atoms with Crippen molar-refractivity contribution in [2.45, 2.75) is 18.9 Å². The minimum atomic E-state index is -0.107. The molecule has 0 saturated carbocycles. The molecule has 1 rings (SSSR count). The molecule has 1 aliphatic rings. The number of rotatable bonds is 3. The van der Waals surface area contributed by atoms with Crippen molar-refractivity contribution in [3.05, 3.63) is 0 Å². The first kappa shape index (κ1) is 11.5. The predicted octanol–water partition coefficient (Wildman–Crippen LogP) is 0.185. The highest BCUT2D eigenvalue weighted by Crippen LogP contribution is 2.12. The van der Waals surface area contributed by atoms with Crippen molar-refractivity contribution in [3.8, 4) is 0 Å². The first-order chi connectivity index (χ1) is 6.58. The molecule has 0 radical (unpaired) electrons. The van der Waals surface area contributed by atoms with Crippen molar-refractivity contribution < 1.29 is 9.53 Å². The van der Waals surface area contributed by atoms with Gasteiger partial charge in [-0.25, -0.2) is 0 Å². The van der Waals surface area contributed by atoms with Gasteiger partial charge in [-0.15, -0.1) is 0 Å². The molecule has 1 fully saturated rings. The summed E-state index contributed by atoms with van der Waals surface area (Å²) >= 11 is 0. The Morgan fingerprint density at radius 1 is 1.43 bits per heavy atom. The van der Waals surface area contributed by atoms with Gasteiger partial charge in [-0.2, -0.15) is 0 Å². The fourth-order valence-corrected chi connectivity index (χ4v) is 1.58. The number of esters is 1. The van der Waals surface area contributed by atoms with Crippen LogP contribution in [0.4, 0.5) is 0 Å². The molecule has 1 saturated heterocycles. The van der Waals surface area contributed by atoms with E-state index in [2.05, 4.69) is 11.9 Å². The van der Waals surface area contributed by atoms with E-state index >= 15 is 0 Å². The number of likely N-dealkylation sites (tertiary alicyclic amines) is 1. The molecule has 4 heteroatoms. The molecule has 1 heterocycles. The van der Waals surface area contributed by atoms with E-state index in [4.69, 9.17) is 4.74 Å². The molecule has 4 nitrogen and oxygen atoms in total. The summed E-state index contributed by atoms with van der Waals surface area (Å²) < 4.78 is 5.34. The van der Waals surface area contributed by atoms with Crippen LogP contribution in [0.5, 0.6) is 0 Å². The number of nitrogens with zero attached hydrogens (tertiary/aromatic N) is 2. The average molecular weight is 200 g/mol. The molecule has 0 spiro atoms. The molecule has 0 aromatic carbocycles. The van der Waals surface area contributed by atoms with Crippen LogP contribution in [-0.4, -0.2) is 62.7 Å². The molecule has 0 aromatic rings. The average Bonchev–Trinajstić information content (AvgIpc) is 2.07.